The molecule has 17 heavy (non-hydrogen) atoms. The third-order valence-electron chi connectivity index (χ3n) is 3.09. The molecule has 4 nitrogen and oxygen atoms in total. The number of nitrogens with zero attached hydrogens (tertiary/aromatic N) is 2. The van der Waals surface area contributed by atoms with Crippen LogP contribution in [0, 0.1) is 0 Å². The minimum Gasteiger partial charge on any atom is -0.452 e. The van der Waals surface area contributed by atoms with Gasteiger partial charge in [0.25, 0.3) is 0 Å². The Morgan fingerprint density at radius 3 is 3.06 bits per heavy atom. The van der Waals surface area contributed by atoms with Crippen molar-refractivity contribution in [2.45, 2.75) is 6.42 Å². The van der Waals surface area contributed by atoms with Crippen LogP contribution in [-0.4, -0.2) is 24.7 Å². The minimum absolute atomic E-state index is 0.305. The van der Waals surface area contributed by atoms with Crippen LogP contribution in [-0.2, 0) is 11.2 Å². The number of benzene rings is 1. The van der Waals surface area contributed by atoms with Gasteiger partial charge in [-0.25, -0.2) is 4.79 Å². The van der Waals surface area contributed by atoms with E-state index >= 15 is 0 Å². The van der Waals surface area contributed by atoms with Crippen molar-refractivity contribution in [1.29, 1.82) is 0 Å². The van der Waals surface area contributed by atoms with Crippen LogP contribution < -0.4 is 4.90 Å². The van der Waals surface area contributed by atoms with Crippen molar-refractivity contribution < 1.29 is 9.53 Å². The summed E-state index contributed by atoms with van der Waals surface area (Å²) in [6.45, 7) is 0.664. The summed E-state index contributed by atoms with van der Waals surface area (Å²) in [5.74, 6) is 0. The normalized spacial score (nSPS) is 13.8. The van der Waals surface area contributed by atoms with E-state index in [2.05, 4.69) is 4.98 Å². The summed E-state index contributed by atoms with van der Waals surface area (Å²) in [5, 5.41) is 1.01. The van der Waals surface area contributed by atoms with Crippen molar-refractivity contribution in [3.8, 4) is 0 Å². The number of amides is 1. The lowest BCUT2D eigenvalue weighted by Gasteiger charge is -2.16. The van der Waals surface area contributed by atoms with Crippen LogP contribution in [0.2, 0.25) is 0 Å². The van der Waals surface area contributed by atoms with Gasteiger partial charge >= 0.3 is 6.09 Å². The lowest BCUT2D eigenvalue weighted by atomic mass is 10.1. The van der Waals surface area contributed by atoms with Crippen LogP contribution in [0.3, 0.4) is 0 Å². The van der Waals surface area contributed by atoms with Crippen molar-refractivity contribution in [2.24, 2.45) is 0 Å². The summed E-state index contributed by atoms with van der Waals surface area (Å²) < 4.78 is 4.81. The second kappa shape index (κ2) is 3.73. The lowest BCUT2D eigenvalue weighted by molar-refractivity contribution is 0.179. The number of pyridine rings is 1. The molecule has 1 amide bonds. The number of aromatic nitrogens is 1. The van der Waals surface area contributed by atoms with Crippen LogP contribution in [0.5, 0.6) is 0 Å². The third kappa shape index (κ3) is 1.45. The summed E-state index contributed by atoms with van der Waals surface area (Å²) in [5.41, 5.74) is 2.96. The van der Waals surface area contributed by atoms with E-state index in [0.29, 0.717) is 6.54 Å². The lowest BCUT2D eigenvalue weighted by Crippen LogP contribution is -2.28. The van der Waals surface area contributed by atoms with Gasteiger partial charge in [0.1, 0.15) is 0 Å². The van der Waals surface area contributed by atoms with E-state index in [9.17, 15) is 4.79 Å². The molecule has 0 fully saturated rings. The number of hydrogen-bond acceptors (Lipinski definition) is 3. The summed E-state index contributed by atoms with van der Waals surface area (Å²) in [6.07, 6.45) is 2.38. The Kier molecular flexibility index (Phi) is 2.21. The largest absolute Gasteiger partial charge is 0.452 e. The van der Waals surface area contributed by atoms with Crippen molar-refractivity contribution in [1.82, 2.24) is 4.98 Å². The number of carbonyl (C=O) groups is 1. The highest BCUT2D eigenvalue weighted by Gasteiger charge is 2.27. The van der Waals surface area contributed by atoms with Crippen LogP contribution in [0.1, 0.15) is 5.56 Å². The van der Waals surface area contributed by atoms with Gasteiger partial charge in [0.2, 0.25) is 0 Å². The van der Waals surface area contributed by atoms with E-state index in [-0.39, 0.29) is 6.09 Å². The number of para-hydroxylation sites is 1. The van der Waals surface area contributed by atoms with Crippen molar-refractivity contribution in [3.63, 3.8) is 0 Å². The van der Waals surface area contributed by atoms with Gasteiger partial charge in [-0.1, -0.05) is 18.2 Å². The maximum Gasteiger partial charge on any atom is 0.414 e. The van der Waals surface area contributed by atoms with E-state index < -0.39 is 0 Å². The van der Waals surface area contributed by atoms with Crippen molar-refractivity contribution in [2.75, 3.05) is 18.6 Å². The molecule has 0 N–H and O–H groups in total. The zero-order valence-electron chi connectivity index (χ0n) is 9.51. The van der Waals surface area contributed by atoms with Crippen LogP contribution in [0.25, 0.3) is 10.9 Å². The smallest absolute Gasteiger partial charge is 0.414 e. The molecule has 0 atom stereocenters. The van der Waals surface area contributed by atoms with Gasteiger partial charge in [-0.15, -0.1) is 0 Å². The SMILES string of the molecule is COC(=O)N1CCc2cnc3ccccc3c21. The van der Waals surface area contributed by atoms with Gasteiger partial charge in [-0.05, 0) is 18.1 Å². The molecule has 1 aromatic carbocycles. The van der Waals surface area contributed by atoms with Crippen LogP contribution >= 0.6 is 0 Å². The molecule has 1 aromatic heterocycles. The Morgan fingerprint density at radius 1 is 1.41 bits per heavy atom. The maximum atomic E-state index is 11.7. The highest BCUT2D eigenvalue weighted by molar-refractivity contribution is 6.02. The predicted molar refractivity (Wildman–Crippen MR) is 65.2 cm³/mol. The topological polar surface area (TPSA) is 42.4 Å². The van der Waals surface area contributed by atoms with Gasteiger partial charge in [0, 0.05) is 18.1 Å². The quantitative estimate of drug-likeness (QED) is 0.695. The molecule has 2 aromatic rings. The fourth-order valence-electron chi connectivity index (χ4n) is 2.31. The molecule has 4 heteroatoms. The second-order valence-electron chi connectivity index (χ2n) is 4.02. The van der Waals surface area contributed by atoms with Crippen molar-refractivity contribution in [3.05, 3.63) is 36.0 Å². The molecule has 0 spiro atoms. The highest BCUT2D eigenvalue weighted by atomic mass is 16.5. The van der Waals surface area contributed by atoms with E-state index in [1.54, 1.807) is 4.90 Å². The molecule has 2 heterocycles. The van der Waals surface area contributed by atoms with E-state index in [1.807, 2.05) is 30.5 Å². The summed E-state index contributed by atoms with van der Waals surface area (Å²) >= 11 is 0. The number of carbonyl (C=O) groups excluding carboxylic acids is 1. The minimum atomic E-state index is -0.305. The molecule has 86 valence electrons. The Balaban J connectivity index is 2.24. The monoisotopic (exact) mass is 228 g/mol. The van der Waals surface area contributed by atoms with Gasteiger partial charge < -0.3 is 4.74 Å². The Morgan fingerprint density at radius 2 is 2.24 bits per heavy atom. The highest BCUT2D eigenvalue weighted by Crippen LogP contribution is 2.34. The molecule has 0 saturated heterocycles. The second-order valence-corrected chi connectivity index (χ2v) is 4.02. The summed E-state index contributed by atoms with van der Waals surface area (Å²) in [7, 11) is 1.41. The number of ether oxygens (including phenoxy) is 1. The number of anilines is 1. The Labute approximate surface area is 98.8 Å². The van der Waals surface area contributed by atoms with Gasteiger partial charge in [-0.3, -0.25) is 9.88 Å². The van der Waals surface area contributed by atoms with Gasteiger partial charge in [0.05, 0.1) is 18.3 Å². The number of hydrogen-bond donors (Lipinski definition) is 0. The first-order valence-corrected chi connectivity index (χ1v) is 5.53. The molecule has 3 rings (SSSR count). The van der Waals surface area contributed by atoms with E-state index in [0.717, 1.165) is 28.6 Å². The maximum absolute atomic E-state index is 11.7. The van der Waals surface area contributed by atoms with E-state index in [4.69, 9.17) is 4.74 Å². The standard InChI is InChI=1S/C13H12N2O2/c1-17-13(16)15-7-6-9-8-14-11-5-3-2-4-10(11)12(9)15/h2-5,8H,6-7H2,1H3. The fourth-order valence-corrected chi connectivity index (χ4v) is 2.31. The zero-order chi connectivity index (χ0) is 11.8. The first-order valence-electron chi connectivity index (χ1n) is 5.53. The third-order valence-corrected chi connectivity index (χ3v) is 3.09. The average Bonchev–Trinajstić information content (AvgIpc) is 2.82. The molecule has 1 aliphatic rings. The molecular formula is C13H12N2O2. The first kappa shape index (κ1) is 10.1. The number of methoxy groups -OCH3 is 1. The van der Waals surface area contributed by atoms with Crippen LogP contribution in [0.15, 0.2) is 30.5 Å². The molecule has 0 radical (unpaired) electrons. The van der Waals surface area contributed by atoms with E-state index in [1.165, 1.54) is 7.11 Å². The Bertz CT molecular complexity index is 595. The molecule has 0 bridgehead atoms. The average molecular weight is 228 g/mol. The van der Waals surface area contributed by atoms with Crippen molar-refractivity contribution >= 4 is 22.7 Å². The summed E-state index contributed by atoms with van der Waals surface area (Å²) in [6, 6.07) is 7.84. The first-order chi connectivity index (χ1) is 8.31. The molecule has 1 aliphatic heterocycles. The van der Waals surface area contributed by atoms with Crippen LogP contribution in [0.4, 0.5) is 10.5 Å². The van der Waals surface area contributed by atoms with Gasteiger partial charge in [0.15, 0.2) is 0 Å². The summed E-state index contributed by atoms with van der Waals surface area (Å²) in [4.78, 5) is 17.8. The molecular weight excluding hydrogens is 216 g/mol. The fraction of sp³-hybridized carbons (Fsp3) is 0.231. The molecule has 0 unspecified atom stereocenters. The number of rotatable bonds is 0. The molecule has 0 saturated carbocycles. The Hall–Kier alpha value is -2.10. The predicted octanol–water partition coefficient (Wildman–Crippen LogP) is 2.36. The zero-order valence-corrected chi connectivity index (χ0v) is 9.51. The number of fused-ring (bicyclic) bond motifs is 3. The van der Waals surface area contributed by atoms with Gasteiger partial charge in [-0.2, -0.15) is 0 Å². The molecule has 0 aliphatic carbocycles.